The van der Waals surface area contributed by atoms with E-state index >= 15 is 0 Å². The summed E-state index contributed by atoms with van der Waals surface area (Å²) < 4.78 is 60.4. The summed E-state index contributed by atoms with van der Waals surface area (Å²) in [5, 5.41) is 43.8. The lowest BCUT2D eigenvalue weighted by Crippen LogP contribution is -2.48. The number of rotatable bonds is 25. The zero-order chi connectivity index (χ0) is 85.0. The minimum absolute atomic E-state index is 0.00633. The van der Waals surface area contributed by atoms with E-state index in [1.54, 1.807) is 148 Å². The summed E-state index contributed by atoms with van der Waals surface area (Å²) in [6, 6.07) is 33.3. The van der Waals surface area contributed by atoms with Crippen LogP contribution in [0.1, 0.15) is 101 Å². The van der Waals surface area contributed by atoms with Gasteiger partial charge in [0.25, 0.3) is 35.4 Å². The monoisotopic (exact) mass is 1820 g/mol. The zero-order valence-electron chi connectivity index (χ0n) is 61.6. The minimum Gasteiger partial charge on any atom is -0.480 e. The number of sulfonamides is 1. The number of aliphatic carboxylic acids is 3. The topological polar surface area (TPSA) is 382 Å². The van der Waals surface area contributed by atoms with Gasteiger partial charge in [-0.25, -0.2) is 31.2 Å². The molecule has 0 saturated carbocycles. The highest BCUT2D eigenvalue weighted by Gasteiger charge is 2.35. The standard InChI is InChI=1S/C28H25Cl3N2O5S.C27H25Cl3N4O6S.C23H24Cl3N3O6S/c1-39(2,38)20-5-3-4-16(12-20)13-23(28(36)37)32-26(34)24-22(30)14-18-15-33(11-10-21(18)25(24)31)27(35)17-6-8-19(29)9-7-17;1-41(39,40)33-21-5-3-2-4-20(21)31-13-22(27(37)38)32-25(35)23-19(29)12-16-14-34(11-10-18(16)24(23)30)26(36)15-6-8-17(28)9-7-15;1-36(34,35)9-7-27-11-18(23(32)33)28-21(30)19-17(25)10-14-12-29(8-6-16(14)20(19)26)22(31)13-2-4-15(24)5-3-13/h3-9,12,14,23H,1,10-11,13,15H2,2H3,(H,32,34)(H,36,37);2-9,12,22,31,33H,10-11,13-14H2,1H3,(H,32,35)(H,37,38);2-5,10,18,27H,6-9,11-12H2,1H3,(H,28,30)(H,32,33)/t23-,39?;22-;18-/m000/s1. The van der Waals surface area contributed by atoms with Crippen molar-refractivity contribution in [2.75, 3.05) is 73.8 Å². The fourth-order valence-electron chi connectivity index (χ4n) is 12.5. The predicted molar refractivity (Wildman–Crippen MR) is 451 cm³/mol. The number of fused-ring (bicyclic) bond motifs is 3. The fourth-order valence-corrected chi connectivity index (χ4v) is 17.1. The number of hydrogen-bond acceptors (Lipinski definition) is 16. The molecule has 614 valence electrons. The van der Waals surface area contributed by atoms with Gasteiger partial charge in [0, 0.05) is 114 Å². The zero-order valence-corrected chi connectivity index (χ0v) is 70.9. The van der Waals surface area contributed by atoms with Gasteiger partial charge in [0.15, 0.2) is 0 Å². The van der Waals surface area contributed by atoms with Gasteiger partial charge in [-0.1, -0.05) is 129 Å². The highest BCUT2D eigenvalue weighted by Crippen LogP contribution is 2.39. The number of carbonyl (C=O) groups is 9. The Kier molecular flexibility index (Phi) is 31.0. The maximum Gasteiger partial charge on any atom is 0.328 e. The molecule has 11 rings (SSSR count). The molecule has 3 aliphatic rings. The first-order valence-corrected chi connectivity index (χ1v) is 44.4. The second-order valence-corrected chi connectivity index (χ2v) is 37.2. The highest BCUT2D eigenvalue weighted by atomic mass is 35.5. The molecule has 0 spiro atoms. The molecule has 6 amide bonds. The molecule has 3 aliphatic heterocycles. The molecule has 26 nitrogen and oxygen atoms in total. The van der Waals surface area contributed by atoms with Gasteiger partial charge in [-0.2, -0.15) is 0 Å². The number of anilines is 2. The Morgan fingerprint density at radius 1 is 0.448 bits per heavy atom. The summed E-state index contributed by atoms with van der Waals surface area (Å²) in [4.78, 5) is 119. The van der Waals surface area contributed by atoms with Crippen molar-refractivity contribution in [2.24, 2.45) is 0 Å². The first-order valence-electron chi connectivity index (χ1n) is 34.9. The lowest BCUT2D eigenvalue weighted by molar-refractivity contribution is -0.140. The van der Waals surface area contributed by atoms with Crippen LogP contribution >= 0.6 is 104 Å². The molecule has 0 aromatic heterocycles. The second-order valence-electron chi connectivity index (χ2n) is 27.1. The number of amides is 6. The fraction of sp³-hybridized carbons (Fsp3) is 0.256. The molecule has 0 fully saturated rings. The third-order valence-corrected chi connectivity index (χ3v) is 24.1. The third kappa shape index (κ3) is 24.2. The number of hydrogen-bond donors (Lipinski definition) is 9. The number of nitrogens with one attached hydrogen (secondary N) is 6. The molecule has 0 aliphatic carbocycles. The first kappa shape index (κ1) is 91.0. The van der Waals surface area contributed by atoms with Crippen molar-refractivity contribution in [1.29, 1.82) is 0 Å². The Morgan fingerprint density at radius 3 is 1.15 bits per heavy atom. The molecule has 38 heteroatoms. The number of sulfone groups is 1. The summed E-state index contributed by atoms with van der Waals surface area (Å²) in [5.41, 5.74) is 6.48. The lowest BCUT2D eigenvalue weighted by atomic mass is 9.95. The van der Waals surface area contributed by atoms with Gasteiger partial charge in [0.05, 0.1) is 70.2 Å². The number of carbonyl (C=O) groups excluding carboxylic acids is 6. The average molecular weight is 1820 g/mol. The van der Waals surface area contributed by atoms with Crippen LogP contribution in [0.25, 0.3) is 0 Å². The summed E-state index contributed by atoms with van der Waals surface area (Å²) in [6.45, 7) is 1.35. The Morgan fingerprint density at radius 2 is 0.802 bits per heavy atom. The molecule has 8 aromatic rings. The number of halogens is 9. The molecule has 9 N–H and O–H groups in total. The quantitative estimate of drug-likeness (QED) is 0.0189. The smallest absolute Gasteiger partial charge is 0.328 e. The summed E-state index contributed by atoms with van der Waals surface area (Å²) in [5.74, 6) is -3.24. The van der Waals surface area contributed by atoms with Crippen LogP contribution < -0.4 is 31.3 Å². The van der Waals surface area contributed by atoms with Crippen LogP contribution in [0.2, 0.25) is 45.2 Å². The van der Waals surface area contributed by atoms with Crippen molar-refractivity contribution in [1.82, 2.24) is 36.0 Å². The van der Waals surface area contributed by atoms with E-state index in [0.717, 1.165) is 12.5 Å². The van der Waals surface area contributed by atoms with Crippen LogP contribution in [0.5, 0.6) is 0 Å². The normalized spacial score (nSPS) is 14.3. The highest BCUT2D eigenvalue weighted by molar-refractivity contribution is 7.99. The molecule has 0 saturated heterocycles. The number of carboxylic acid groups (broad SMARTS) is 3. The van der Waals surface area contributed by atoms with Crippen molar-refractivity contribution in [2.45, 2.75) is 68.3 Å². The van der Waals surface area contributed by atoms with Crippen molar-refractivity contribution in [3.8, 4) is 0 Å². The Bertz CT molecular complexity index is 5540. The lowest BCUT2D eigenvalue weighted by Gasteiger charge is -2.30. The van der Waals surface area contributed by atoms with Crippen molar-refractivity contribution in [3.05, 3.63) is 257 Å². The number of para-hydroxylation sites is 2. The van der Waals surface area contributed by atoms with E-state index in [2.05, 4.69) is 37.2 Å². The molecule has 8 aromatic carbocycles. The van der Waals surface area contributed by atoms with E-state index in [0.29, 0.717) is 120 Å². The number of nitrogens with zero attached hydrogens (tertiary/aromatic N) is 3. The Hall–Kier alpha value is -8.92. The van der Waals surface area contributed by atoms with Gasteiger partial charge >= 0.3 is 17.9 Å². The first-order chi connectivity index (χ1) is 54.5. The van der Waals surface area contributed by atoms with Crippen molar-refractivity contribution >= 4 is 204 Å². The molecule has 3 heterocycles. The van der Waals surface area contributed by atoms with E-state index in [4.69, 9.17) is 104 Å². The maximum absolute atomic E-state index is 13.2. The third-order valence-electron chi connectivity index (χ3n) is 18.4. The van der Waals surface area contributed by atoms with Gasteiger partial charge in [-0.05, 0) is 189 Å². The second kappa shape index (κ2) is 39.6. The molecular formula is C78H74Cl9N9O17S3. The Labute approximate surface area is 713 Å². The van der Waals surface area contributed by atoms with Gasteiger partial charge in [-0.3, -0.25) is 37.7 Å². The van der Waals surface area contributed by atoms with Gasteiger partial charge in [0.2, 0.25) is 10.0 Å². The average Bonchev–Trinajstić information content (AvgIpc) is 0.782. The molecular weight excluding hydrogens is 1750 g/mol. The summed E-state index contributed by atoms with van der Waals surface area (Å²) in [6.07, 6.45) is 4.63. The number of benzene rings is 8. The predicted octanol–water partition coefficient (Wildman–Crippen LogP) is 12.2. The minimum atomic E-state index is -3.58. The largest absolute Gasteiger partial charge is 0.480 e. The molecule has 1 unspecified atom stereocenters. The van der Waals surface area contributed by atoms with Crippen LogP contribution in [0, 0.1) is 0 Å². The van der Waals surface area contributed by atoms with Crippen molar-refractivity contribution < 1.29 is 79.5 Å². The number of carboxylic acids is 3. The van der Waals surface area contributed by atoms with E-state index in [1.807, 2.05) is 0 Å². The van der Waals surface area contributed by atoms with Crippen LogP contribution in [-0.2, 0) is 89.1 Å². The van der Waals surface area contributed by atoms with Gasteiger partial charge in [0.1, 0.15) is 28.0 Å². The maximum atomic E-state index is 13.2. The Balaban J connectivity index is 0.000000199. The van der Waals surface area contributed by atoms with Crippen molar-refractivity contribution in [3.63, 3.8) is 0 Å². The van der Waals surface area contributed by atoms with Crippen LogP contribution in [0.15, 0.2) is 144 Å². The van der Waals surface area contributed by atoms with E-state index in [9.17, 15) is 79.5 Å². The van der Waals surface area contributed by atoms with Crippen LogP contribution in [0.4, 0.5) is 11.4 Å². The SMILES string of the molecule is C=S(C)(=O)c1cccc(C[C@H](NC(=O)c2c(Cl)cc3c(c2Cl)CCN(C(=O)c2ccc(Cl)cc2)C3)C(=O)O)c1.CS(=O)(=O)CCNC[C@H](NC(=O)c1c(Cl)cc2c(c1Cl)CCN(C(=O)c1ccc(Cl)cc1)C2)C(=O)O.CS(=O)(=O)Nc1ccccc1NC[C@H](NC(=O)c1c(Cl)cc2c(c1Cl)CCN(C(=O)c1ccc(Cl)cc1)C2)C(=O)O. The molecule has 0 bridgehead atoms. The van der Waals surface area contributed by atoms with Gasteiger partial charge < -0.3 is 56.6 Å². The summed E-state index contributed by atoms with van der Waals surface area (Å²) >= 11 is 56.8. The van der Waals surface area contributed by atoms with E-state index in [1.165, 1.54) is 12.3 Å². The van der Waals surface area contributed by atoms with E-state index < -0.39 is 83.1 Å². The molecule has 0 radical (unpaired) electrons. The molecule has 116 heavy (non-hydrogen) atoms. The van der Waals surface area contributed by atoms with Crippen LogP contribution in [0.3, 0.4) is 0 Å². The summed E-state index contributed by atoms with van der Waals surface area (Å²) in [7, 11) is -9.29. The molecule has 4 atom stereocenters. The van der Waals surface area contributed by atoms with Gasteiger partial charge in [-0.15, -0.1) is 0 Å². The van der Waals surface area contributed by atoms with Crippen LogP contribution in [-0.4, -0.2) is 192 Å². The van der Waals surface area contributed by atoms with E-state index in [-0.39, 0.29) is 122 Å².